The Hall–Kier alpha value is -2.75. The summed E-state index contributed by atoms with van der Waals surface area (Å²) >= 11 is 0. The number of carboxylic acid groups (broad SMARTS) is 1. The van der Waals surface area contributed by atoms with E-state index in [2.05, 4.69) is 12.1 Å². The van der Waals surface area contributed by atoms with Crippen LogP contribution < -0.4 is 9.47 Å². The smallest absolute Gasteiger partial charge is 0.303 e. The number of aryl methyl sites for hydroxylation is 1. The zero-order valence-corrected chi connectivity index (χ0v) is 11.8. The molecule has 4 heteroatoms. The number of hydrogen-bond acceptors (Lipinski definition) is 3. The number of carbonyl (C=O) groups is 1. The van der Waals surface area contributed by atoms with Gasteiger partial charge in [0.2, 0.25) is 6.79 Å². The highest BCUT2D eigenvalue weighted by molar-refractivity contribution is 6.09. The van der Waals surface area contributed by atoms with Gasteiger partial charge in [-0.25, -0.2) is 0 Å². The minimum absolute atomic E-state index is 0.137. The molecule has 1 aliphatic rings. The van der Waals surface area contributed by atoms with E-state index >= 15 is 0 Å². The van der Waals surface area contributed by atoms with Gasteiger partial charge in [-0.15, -0.1) is 0 Å². The molecule has 4 rings (SSSR count). The molecule has 0 fully saturated rings. The summed E-state index contributed by atoms with van der Waals surface area (Å²) in [7, 11) is 0. The second-order valence-corrected chi connectivity index (χ2v) is 5.40. The Morgan fingerprint density at radius 3 is 2.64 bits per heavy atom. The largest absolute Gasteiger partial charge is 0.481 e. The van der Waals surface area contributed by atoms with Gasteiger partial charge in [0, 0.05) is 6.42 Å². The predicted octanol–water partition coefficient (Wildman–Crippen LogP) is 3.74. The zero-order valence-electron chi connectivity index (χ0n) is 11.8. The van der Waals surface area contributed by atoms with Crippen LogP contribution in [0.4, 0.5) is 0 Å². The van der Waals surface area contributed by atoms with Crippen LogP contribution in [0.15, 0.2) is 42.5 Å². The monoisotopic (exact) mass is 294 g/mol. The average Bonchev–Trinajstić information content (AvgIpc) is 2.97. The maximum atomic E-state index is 10.8. The van der Waals surface area contributed by atoms with E-state index in [0.29, 0.717) is 6.42 Å². The van der Waals surface area contributed by atoms with Crippen LogP contribution in [-0.2, 0) is 11.2 Å². The van der Waals surface area contributed by atoms with Crippen LogP contribution in [0.2, 0.25) is 0 Å². The van der Waals surface area contributed by atoms with Gasteiger partial charge in [-0.05, 0) is 45.7 Å². The van der Waals surface area contributed by atoms with Crippen LogP contribution in [-0.4, -0.2) is 17.9 Å². The fourth-order valence-electron chi connectivity index (χ4n) is 3.01. The third-order valence-electron chi connectivity index (χ3n) is 4.07. The van der Waals surface area contributed by atoms with Crippen molar-refractivity contribution in [2.75, 3.05) is 6.79 Å². The van der Waals surface area contributed by atoms with Crippen molar-refractivity contribution in [2.24, 2.45) is 0 Å². The molecule has 1 aliphatic heterocycles. The summed E-state index contributed by atoms with van der Waals surface area (Å²) in [6.45, 7) is 0.257. The zero-order chi connectivity index (χ0) is 15.1. The lowest BCUT2D eigenvalue weighted by molar-refractivity contribution is -0.136. The summed E-state index contributed by atoms with van der Waals surface area (Å²) in [5, 5.41) is 13.3. The Balaban J connectivity index is 1.92. The fourth-order valence-corrected chi connectivity index (χ4v) is 3.01. The molecule has 22 heavy (non-hydrogen) atoms. The third-order valence-corrected chi connectivity index (χ3v) is 4.07. The molecule has 3 aromatic carbocycles. The Bertz CT molecular complexity index is 898. The number of carboxylic acids is 1. The van der Waals surface area contributed by atoms with E-state index < -0.39 is 5.97 Å². The molecule has 0 aromatic heterocycles. The first-order valence-corrected chi connectivity index (χ1v) is 7.18. The molecular formula is C18H14O4. The second-order valence-electron chi connectivity index (χ2n) is 5.40. The van der Waals surface area contributed by atoms with Gasteiger partial charge >= 0.3 is 5.97 Å². The molecule has 0 unspecified atom stereocenters. The molecule has 1 N–H and O–H groups in total. The van der Waals surface area contributed by atoms with Crippen LogP contribution in [0, 0.1) is 0 Å². The summed E-state index contributed by atoms with van der Waals surface area (Å²) in [6, 6.07) is 14.1. The number of hydrogen-bond donors (Lipinski definition) is 1. The van der Waals surface area contributed by atoms with Crippen LogP contribution in [0.5, 0.6) is 11.5 Å². The van der Waals surface area contributed by atoms with Crippen molar-refractivity contribution in [1.82, 2.24) is 0 Å². The van der Waals surface area contributed by atoms with E-state index in [4.69, 9.17) is 14.6 Å². The normalized spacial score (nSPS) is 12.9. The predicted molar refractivity (Wildman–Crippen MR) is 83.5 cm³/mol. The minimum Gasteiger partial charge on any atom is -0.481 e. The highest BCUT2D eigenvalue weighted by Crippen LogP contribution is 2.39. The van der Waals surface area contributed by atoms with Gasteiger partial charge in [0.05, 0.1) is 0 Å². The van der Waals surface area contributed by atoms with Gasteiger partial charge in [0.15, 0.2) is 11.5 Å². The van der Waals surface area contributed by atoms with E-state index in [-0.39, 0.29) is 13.2 Å². The summed E-state index contributed by atoms with van der Waals surface area (Å²) in [5.41, 5.74) is 1.06. The number of benzene rings is 3. The molecule has 0 atom stereocenters. The van der Waals surface area contributed by atoms with Crippen molar-refractivity contribution in [3.8, 4) is 11.5 Å². The van der Waals surface area contributed by atoms with Crippen LogP contribution >= 0.6 is 0 Å². The number of aliphatic carboxylic acids is 1. The van der Waals surface area contributed by atoms with Gasteiger partial charge in [0.25, 0.3) is 0 Å². The van der Waals surface area contributed by atoms with E-state index in [9.17, 15) is 4.79 Å². The molecule has 1 heterocycles. The summed E-state index contributed by atoms with van der Waals surface area (Å²) in [4.78, 5) is 10.8. The first-order chi connectivity index (χ1) is 10.7. The molecule has 0 spiro atoms. The molecule has 3 aromatic rings. The maximum absolute atomic E-state index is 10.8. The lowest BCUT2D eigenvalue weighted by Crippen LogP contribution is -1.98. The minimum atomic E-state index is -0.777. The SMILES string of the molecule is O=C(O)CCc1cccc2c1ccc1cc3c(cc12)OCO3. The van der Waals surface area contributed by atoms with Crippen molar-refractivity contribution < 1.29 is 19.4 Å². The highest BCUT2D eigenvalue weighted by Gasteiger charge is 2.15. The van der Waals surface area contributed by atoms with Crippen molar-refractivity contribution in [1.29, 1.82) is 0 Å². The lowest BCUT2D eigenvalue weighted by atomic mass is 9.96. The lowest BCUT2D eigenvalue weighted by Gasteiger charge is -2.09. The Kier molecular flexibility index (Phi) is 2.89. The number of rotatable bonds is 3. The number of fused-ring (bicyclic) bond motifs is 4. The molecule has 110 valence electrons. The van der Waals surface area contributed by atoms with Gasteiger partial charge < -0.3 is 14.6 Å². The van der Waals surface area contributed by atoms with Crippen LogP contribution in [0.3, 0.4) is 0 Å². The molecule has 4 nitrogen and oxygen atoms in total. The van der Waals surface area contributed by atoms with Gasteiger partial charge in [-0.1, -0.05) is 30.3 Å². The first kappa shape index (κ1) is 13.0. The topological polar surface area (TPSA) is 55.8 Å². The maximum Gasteiger partial charge on any atom is 0.303 e. The van der Waals surface area contributed by atoms with Crippen LogP contribution in [0.25, 0.3) is 21.5 Å². The van der Waals surface area contributed by atoms with Crippen molar-refractivity contribution >= 4 is 27.5 Å². The molecule has 0 aliphatic carbocycles. The van der Waals surface area contributed by atoms with Gasteiger partial charge in [-0.3, -0.25) is 4.79 Å². The third kappa shape index (κ3) is 2.04. The van der Waals surface area contributed by atoms with E-state index in [0.717, 1.165) is 38.6 Å². The first-order valence-electron chi connectivity index (χ1n) is 7.18. The van der Waals surface area contributed by atoms with Crippen molar-refractivity contribution in [3.05, 3.63) is 48.0 Å². The van der Waals surface area contributed by atoms with Gasteiger partial charge in [-0.2, -0.15) is 0 Å². The molecule has 0 radical (unpaired) electrons. The van der Waals surface area contributed by atoms with Crippen molar-refractivity contribution in [2.45, 2.75) is 12.8 Å². The van der Waals surface area contributed by atoms with E-state index in [1.165, 1.54) is 0 Å². The Morgan fingerprint density at radius 1 is 1.00 bits per heavy atom. The van der Waals surface area contributed by atoms with E-state index in [1.54, 1.807) is 0 Å². The molecule has 0 bridgehead atoms. The highest BCUT2D eigenvalue weighted by atomic mass is 16.7. The summed E-state index contributed by atoms with van der Waals surface area (Å²) in [6.07, 6.45) is 0.668. The Labute approximate surface area is 126 Å². The average molecular weight is 294 g/mol. The quantitative estimate of drug-likeness (QED) is 0.748. The standard InChI is InChI=1S/C18H14O4/c19-18(20)7-5-11-2-1-3-14-13(11)6-4-12-8-16-17(9-15(12)14)22-10-21-16/h1-4,6,8-9H,5,7,10H2,(H,19,20). The fraction of sp³-hybridized carbons (Fsp3) is 0.167. The number of ether oxygens (including phenoxy) is 2. The second kappa shape index (κ2) is 4.91. The van der Waals surface area contributed by atoms with Crippen LogP contribution in [0.1, 0.15) is 12.0 Å². The Morgan fingerprint density at radius 2 is 1.82 bits per heavy atom. The molecule has 0 saturated carbocycles. The molecule has 0 amide bonds. The van der Waals surface area contributed by atoms with Gasteiger partial charge in [0.1, 0.15) is 0 Å². The van der Waals surface area contributed by atoms with Crippen molar-refractivity contribution in [3.63, 3.8) is 0 Å². The van der Waals surface area contributed by atoms with E-state index in [1.807, 2.05) is 30.3 Å². The summed E-state index contributed by atoms with van der Waals surface area (Å²) < 4.78 is 10.9. The summed E-state index contributed by atoms with van der Waals surface area (Å²) in [5.74, 6) is 0.756. The molecule has 0 saturated heterocycles. The molecular weight excluding hydrogens is 280 g/mol.